The zero-order valence-electron chi connectivity index (χ0n) is 15.0. The molecule has 0 bridgehead atoms. The van der Waals surface area contributed by atoms with Crippen molar-refractivity contribution in [2.45, 2.75) is 25.0 Å². The maximum atomic E-state index is 13.3. The number of rotatable bonds is 5. The fourth-order valence-corrected chi connectivity index (χ4v) is 3.58. The topological polar surface area (TPSA) is 94.2 Å². The summed E-state index contributed by atoms with van der Waals surface area (Å²) in [5, 5.41) is 15.9. The Kier molecular flexibility index (Phi) is 4.83. The van der Waals surface area contributed by atoms with Crippen LogP contribution in [-0.2, 0) is 16.0 Å². The first-order chi connectivity index (χ1) is 13.5. The van der Waals surface area contributed by atoms with Gasteiger partial charge in [-0.2, -0.15) is 0 Å². The fraction of sp³-hybridized carbons (Fsp3) is 0.238. The molecule has 3 aromatic rings. The Morgan fingerprint density at radius 3 is 2.64 bits per heavy atom. The minimum Gasteiger partial charge on any atom is -0.389 e. The molecule has 2 atom stereocenters. The molecule has 0 unspecified atom stereocenters. The quantitative estimate of drug-likeness (QED) is 0.544. The third-order valence-electron chi connectivity index (χ3n) is 5.02. The second-order valence-corrected chi connectivity index (χ2v) is 6.89. The van der Waals surface area contributed by atoms with Crippen LogP contribution in [0.25, 0.3) is 22.2 Å². The van der Waals surface area contributed by atoms with Crippen molar-refractivity contribution < 1.29 is 19.1 Å². The lowest BCUT2D eigenvalue weighted by Gasteiger charge is -2.13. The predicted molar refractivity (Wildman–Crippen MR) is 103 cm³/mol. The van der Waals surface area contributed by atoms with Gasteiger partial charge in [0.15, 0.2) is 0 Å². The van der Waals surface area contributed by atoms with E-state index < -0.39 is 12.1 Å². The van der Waals surface area contributed by atoms with Gasteiger partial charge in [0, 0.05) is 29.6 Å². The number of hydrogen-bond donors (Lipinski definition) is 4. The van der Waals surface area contributed by atoms with E-state index in [0.29, 0.717) is 6.42 Å². The van der Waals surface area contributed by atoms with E-state index in [9.17, 15) is 19.1 Å². The third kappa shape index (κ3) is 3.48. The van der Waals surface area contributed by atoms with E-state index in [0.717, 1.165) is 27.7 Å². The highest BCUT2D eigenvalue weighted by Gasteiger charge is 2.34. The largest absolute Gasteiger partial charge is 0.389 e. The molecule has 1 fully saturated rings. The van der Waals surface area contributed by atoms with Gasteiger partial charge in [-0.1, -0.05) is 18.2 Å². The van der Waals surface area contributed by atoms with Crippen molar-refractivity contribution in [3.63, 3.8) is 0 Å². The van der Waals surface area contributed by atoms with Crippen LogP contribution >= 0.6 is 0 Å². The highest BCUT2D eigenvalue weighted by atomic mass is 19.1. The first-order valence-electron chi connectivity index (χ1n) is 9.13. The SMILES string of the molecule is O=C(CCc1c(-c2ccc(F)cc2)[nH]c2ccccc12)N[C@H]1C(=O)NC[C@H]1O. The number of benzene rings is 2. The lowest BCUT2D eigenvalue weighted by molar-refractivity contribution is -0.128. The van der Waals surface area contributed by atoms with Crippen LogP contribution in [0.4, 0.5) is 4.39 Å². The normalized spacial score (nSPS) is 19.0. The number of aryl methyl sites for hydroxylation is 1. The molecule has 6 nitrogen and oxygen atoms in total. The number of nitrogens with one attached hydrogen (secondary N) is 3. The number of amides is 2. The van der Waals surface area contributed by atoms with Crippen molar-refractivity contribution in [2.24, 2.45) is 0 Å². The Morgan fingerprint density at radius 2 is 1.93 bits per heavy atom. The summed E-state index contributed by atoms with van der Waals surface area (Å²) in [6.07, 6.45) is -0.321. The van der Waals surface area contributed by atoms with E-state index in [1.165, 1.54) is 12.1 Å². The zero-order valence-corrected chi connectivity index (χ0v) is 15.0. The highest BCUT2D eigenvalue weighted by molar-refractivity contribution is 5.92. The summed E-state index contributed by atoms with van der Waals surface area (Å²) >= 11 is 0. The van der Waals surface area contributed by atoms with Crippen LogP contribution in [0.1, 0.15) is 12.0 Å². The smallest absolute Gasteiger partial charge is 0.245 e. The van der Waals surface area contributed by atoms with E-state index in [1.807, 2.05) is 24.3 Å². The number of β-amino-alcohol motifs (C(OH)–C–C–N with tert-alkyl or cyclic N) is 1. The first kappa shape index (κ1) is 18.2. The van der Waals surface area contributed by atoms with Gasteiger partial charge in [-0.15, -0.1) is 0 Å². The number of H-pyrrole nitrogens is 1. The minimum absolute atomic E-state index is 0.140. The first-order valence-corrected chi connectivity index (χ1v) is 9.13. The molecule has 1 aliphatic rings. The van der Waals surface area contributed by atoms with Gasteiger partial charge >= 0.3 is 0 Å². The molecule has 0 radical (unpaired) electrons. The van der Waals surface area contributed by atoms with Crippen molar-refractivity contribution in [2.75, 3.05) is 6.54 Å². The number of hydrogen-bond acceptors (Lipinski definition) is 3. The van der Waals surface area contributed by atoms with Crippen molar-refractivity contribution >= 4 is 22.7 Å². The van der Waals surface area contributed by atoms with Gasteiger partial charge in [-0.05, 0) is 47.9 Å². The Hall–Kier alpha value is -3.19. The molecule has 2 amide bonds. The number of aliphatic hydroxyl groups is 1. The minimum atomic E-state index is -0.917. The lowest BCUT2D eigenvalue weighted by atomic mass is 10.0. The molecule has 144 valence electrons. The molecule has 0 spiro atoms. The second kappa shape index (κ2) is 7.44. The number of fused-ring (bicyclic) bond motifs is 1. The molecule has 1 saturated heterocycles. The Balaban J connectivity index is 1.57. The summed E-state index contributed by atoms with van der Waals surface area (Å²) in [5.74, 6) is -0.995. The standard InChI is InChI=1S/C21H20FN3O3/c22-13-7-5-12(6-8-13)19-15(14-3-1-2-4-16(14)24-19)9-10-18(27)25-20-17(26)11-23-21(20)28/h1-8,17,20,24,26H,9-11H2,(H,23,28)(H,25,27)/t17-,20-/m1/s1. The number of carbonyl (C=O) groups is 2. The van der Waals surface area contributed by atoms with Crippen LogP contribution in [-0.4, -0.2) is 40.6 Å². The van der Waals surface area contributed by atoms with Gasteiger partial charge in [0.05, 0.1) is 0 Å². The van der Waals surface area contributed by atoms with Crippen LogP contribution in [0.2, 0.25) is 0 Å². The van der Waals surface area contributed by atoms with Crippen LogP contribution in [0, 0.1) is 5.82 Å². The molecule has 4 N–H and O–H groups in total. The number of aromatic amines is 1. The fourth-order valence-electron chi connectivity index (χ4n) is 3.58. The molecular weight excluding hydrogens is 361 g/mol. The van der Waals surface area contributed by atoms with Crippen LogP contribution in [0.5, 0.6) is 0 Å². The van der Waals surface area contributed by atoms with Gasteiger partial charge in [0.2, 0.25) is 11.8 Å². The summed E-state index contributed by atoms with van der Waals surface area (Å²) in [5.41, 5.74) is 3.56. The van der Waals surface area contributed by atoms with Crippen LogP contribution in [0.15, 0.2) is 48.5 Å². The van der Waals surface area contributed by atoms with Crippen molar-refractivity contribution in [1.29, 1.82) is 0 Å². The van der Waals surface area contributed by atoms with E-state index >= 15 is 0 Å². The van der Waals surface area contributed by atoms with Crippen LogP contribution < -0.4 is 10.6 Å². The zero-order chi connectivity index (χ0) is 19.7. The van der Waals surface area contributed by atoms with E-state index in [-0.39, 0.29) is 30.6 Å². The number of aliphatic hydroxyl groups excluding tert-OH is 1. The maximum Gasteiger partial charge on any atom is 0.245 e. The number of halogens is 1. The molecule has 1 aromatic heterocycles. The van der Waals surface area contributed by atoms with Gasteiger partial charge < -0.3 is 20.7 Å². The number of aromatic nitrogens is 1. The Morgan fingerprint density at radius 1 is 1.18 bits per heavy atom. The molecular formula is C21H20FN3O3. The number of para-hydroxylation sites is 1. The molecule has 0 saturated carbocycles. The molecule has 0 aliphatic carbocycles. The highest BCUT2D eigenvalue weighted by Crippen LogP contribution is 2.31. The van der Waals surface area contributed by atoms with Gasteiger partial charge in [0.25, 0.3) is 0 Å². The maximum absolute atomic E-state index is 13.3. The van der Waals surface area contributed by atoms with E-state index in [1.54, 1.807) is 12.1 Å². The van der Waals surface area contributed by atoms with Crippen molar-refractivity contribution in [1.82, 2.24) is 15.6 Å². The predicted octanol–water partition coefficient (Wildman–Crippen LogP) is 1.88. The summed E-state index contributed by atoms with van der Waals surface area (Å²) in [4.78, 5) is 27.4. The third-order valence-corrected chi connectivity index (χ3v) is 5.02. The second-order valence-electron chi connectivity index (χ2n) is 6.89. The Bertz CT molecular complexity index is 1030. The lowest BCUT2D eigenvalue weighted by Crippen LogP contribution is -2.45. The molecule has 2 heterocycles. The van der Waals surface area contributed by atoms with Crippen LogP contribution in [0.3, 0.4) is 0 Å². The average molecular weight is 381 g/mol. The Labute approximate surface area is 160 Å². The summed E-state index contributed by atoms with van der Waals surface area (Å²) in [7, 11) is 0. The molecule has 1 aliphatic heterocycles. The molecule has 28 heavy (non-hydrogen) atoms. The average Bonchev–Trinajstić information content (AvgIpc) is 3.22. The summed E-state index contributed by atoms with van der Waals surface area (Å²) < 4.78 is 13.3. The molecule has 4 rings (SSSR count). The van der Waals surface area contributed by atoms with Crippen molar-refractivity contribution in [3.8, 4) is 11.3 Å². The number of carbonyl (C=O) groups excluding carboxylic acids is 2. The van der Waals surface area contributed by atoms with Gasteiger partial charge in [-0.25, -0.2) is 4.39 Å². The summed E-state index contributed by atoms with van der Waals surface area (Å²) in [6.45, 7) is 0.140. The summed E-state index contributed by atoms with van der Waals surface area (Å²) in [6, 6.07) is 13.1. The molecule has 2 aromatic carbocycles. The van der Waals surface area contributed by atoms with Crippen molar-refractivity contribution in [3.05, 3.63) is 59.9 Å². The van der Waals surface area contributed by atoms with Gasteiger partial charge in [0.1, 0.15) is 18.0 Å². The van der Waals surface area contributed by atoms with E-state index in [2.05, 4.69) is 15.6 Å². The molecule has 7 heteroatoms. The monoisotopic (exact) mass is 381 g/mol. The van der Waals surface area contributed by atoms with E-state index in [4.69, 9.17) is 0 Å². The van der Waals surface area contributed by atoms with Gasteiger partial charge in [-0.3, -0.25) is 9.59 Å².